The molecule has 6 heteroatoms. The molecule has 3 N–H and O–H groups in total. The summed E-state index contributed by atoms with van der Waals surface area (Å²) in [6.45, 7) is 0.634. The summed E-state index contributed by atoms with van der Waals surface area (Å²) in [4.78, 5) is 12.2. The highest BCUT2D eigenvalue weighted by molar-refractivity contribution is 5.92. The van der Waals surface area contributed by atoms with Crippen LogP contribution in [-0.4, -0.2) is 39.0 Å². The fraction of sp³-hybridized carbons (Fsp3) is 0.500. The van der Waals surface area contributed by atoms with Crippen molar-refractivity contribution in [3.05, 3.63) is 35.9 Å². The van der Waals surface area contributed by atoms with E-state index in [9.17, 15) is 4.79 Å². The number of carbonyl (C=O) groups excluding carboxylic acids is 1. The Labute approximate surface area is 125 Å². The van der Waals surface area contributed by atoms with Crippen molar-refractivity contribution >= 4 is 18.3 Å². The Bertz CT molecular complexity index is 443. The molecule has 0 aromatic heterocycles. The third-order valence-electron chi connectivity index (χ3n) is 3.70. The van der Waals surface area contributed by atoms with Crippen LogP contribution in [0.2, 0.25) is 0 Å². The standard InChI is InChI=1S/C14H20N2O3.ClH/c1-18-8-11-12(10-6-4-3-5-7-10)14(11,15)13(17)16-9-19-2;/h3-7,11-12H,8-9,15H2,1-2H3,(H,16,17);1H. The summed E-state index contributed by atoms with van der Waals surface area (Å²) >= 11 is 0. The number of methoxy groups -OCH3 is 2. The average Bonchev–Trinajstić information content (AvgIpc) is 3.04. The zero-order valence-corrected chi connectivity index (χ0v) is 12.5. The normalized spacial score (nSPS) is 27.6. The van der Waals surface area contributed by atoms with E-state index in [0.717, 1.165) is 5.56 Å². The van der Waals surface area contributed by atoms with E-state index in [2.05, 4.69) is 5.32 Å². The Morgan fingerprint density at radius 3 is 2.50 bits per heavy atom. The molecule has 2 rings (SSSR count). The zero-order chi connectivity index (χ0) is 13.9. The fourth-order valence-corrected chi connectivity index (χ4v) is 2.66. The Hall–Kier alpha value is -1.14. The van der Waals surface area contributed by atoms with Crippen LogP contribution >= 0.6 is 12.4 Å². The molecule has 20 heavy (non-hydrogen) atoms. The fourth-order valence-electron chi connectivity index (χ4n) is 2.66. The van der Waals surface area contributed by atoms with Gasteiger partial charge in [0.05, 0.1) is 6.61 Å². The zero-order valence-electron chi connectivity index (χ0n) is 11.7. The number of benzene rings is 1. The first-order valence-electron chi connectivity index (χ1n) is 6.26. The molecule has 1 aliphatic rings. The van der Waals surface area contributed by atoms with Crippen molar-refractivity contribution in [2.45, 2.75) is 11.5 Å². The van der Waals surface area contributed by atoms with Gasteiger partial charge in [0, 0.05) is 26.1 Å². The van der Waals surface area contributed by atoms with Gasteiger partial charge in [-0.05, 0) is 5.56 Å². The summed E-state index contributed by atoms with van der Waals surface area (Å²) in [7, 11) is 3.14. The van der Waals surface area contributed by atoms with E-state index >= 15 is 0 Å². The minimum atomic E-state index is -0.907. The van der Waals surface area contributed by atoms with Crippen LogP contribution in [0, 0.1) is 5.92 Å². The maximum Gasteiger partial charge on any atom is 0.242 e. The van der Waals surface area contributed by atoms with E-state index in [0.29, 0.717) is 6.61 Å². The van der Waals surface area contributed by atoms with Crippen molar-refractivity contribution < 1.29 is 14.3 Å². The molecule has 0 radical (unpaired) electrons. The van der Waals surface area contributed by atoms with Gasteiger partial charge in [0.2, 0.25) is 5.91 Å². The minimum absolute atomic E-state index is 0. The van der Waals surface area contributed by atoms with Crippen LogP contribution < -0.4 is 11.1 Å². The summed E-state index contributed by atoms with van der Waals surface area (Å²) in [5.74, 6) is -0.201. The van der Waals surface area contributed by atoms with Crippen LogP contribution in [0.3, 0.4) is 0 Å². The molecular formula is C14H21ClN2O3. The molecule has 0 spiro atoms. The highest BCUT2D eigenvalue weighted by atomic mass is 35.5. The van der Waals surface area contributed by atoms with E-state index < -0.39 is 5.54 Å². The molecule has 1 fully saturated rings. The van der Waals surface area contributed by atoms with Gasteiger partial charge in [-0.2, -0.15) is 0 Å². The molecule has 1 amide bonds. The number of hydrogen-bond acceptors (Lipinski definition) is 4. The van der Waals surface area contributed by atoms with Gasteiger partial charge in [-0.1, -0.05) is 30.3 Å². The smallest absolute Gasteiger partial charge is 0.242 e. The minimum Gasteiger partial charge on any atom is -0.384 e. The number of halogens is 1. The molecule has 3 unspecified atom stereocenters. The molecule has 0 saturated heterocycles. The monoisotopic (exact) mass is 300 g/mol. The highest BCUT2D eigenvalue weighted by Crippen LogP contribution is 2.55. The van der Waals surface area contributed by atoms with Gasteiger partial charge in [-0.15, -0.1) is 12.4 Å². The summed E-state index contributed by atoms with van der Waals surface area (Å²) in [6.07, 6.45) is 0. The van der Waals surface area contributed by atoms with Crippen LogP contribution in [0.15, 0.2) is 30.3 Å². The summed E-state index contributed by atoms with van der Waals surface area (Å²) in [6, 6.07) is 9.83. The Balaban J connectivity index is 0.00000200. The lowest BCUT2D eigenvalue weighted by Gasteiger charge is -2.12. The maximum absolute atomic E-state index is 12.2. The van der Waals surface area contributed by atoms with Gasteiger partial charge in [0.15, 0.2) is 0 Å². The molecule has 1 aromatic rings. The maximum atomic E-state index is 12.2. The van der Waals surface area contributed by atoms with E-state index in [1.54, 1.807) is 7.11 Å². The third kappa shape index (κ3) is 2.96. The van der Waals surface area contributed by atoms with E-state index in [4.69, 9.17) is 15.2 Å². The predicted molar refractivity (Wildman–Crippen MR) is 78.7 cm³/mol. The lowest BCUT2D eigenvalue weighted by Crippen LogP contribution is -2.46. The summed E-state index contributed by atoms with van der Waals surface area (Å²) in [5, 5.41) is 2.68. The highest BCUT2D eigenvalue weighted by Gasteiger charge is 2.67. The summed E-state index contributed by atoms with van der Waals surface area (Å²) in [5.41, 5.74) is 6.45. The number of hydrogen-bond donors (Lipinski definition) is 2. The van der Waals surface area contributed by atoms with Gasteiger partial charge in [-0.3, -0.25) is 4.79 Å². The molecule has 112 valence electrons. The first-order valence-corrected chi connectivity index (χ1v) is 6.26. The lowest BCUT2D eigenvalue weighted by atomic mass is 10.1. The van der Waals surface area contributed by atoms with Crippen LogP contribution in [0.4, 0.5) is 0 Å². The van der Waals surface area contributed by atoms with Crippen molar-refractivity contribution in [3.63, 3.8) is 0 Å². The number of carbonyl (C=O) groups is 1. The molecule has 0 aliphatic heterocycles. The van der Waals surface area contributed by atoms with Gasteiger partial charge in [0.25, 0.3) is 0 Å². The lowest BCUT2D eigenvalue weighted by molar-refractivity contribution is -0.125. The molecule has 1 saturated carbocycles. The molecule has 0 heterocycles. The summed E-state index contributed by atoms with van der Waals surface area (Å²) < 4.78 is 10.0. The first kappa shape index (κ1) is 16.9. The number of amides is 1. The molecular weight excluding hydrogens is 280 g/mol. The number of ether oxygens (including phenoxy) is 2. The number of nitrogens with two attached hydrogens (primary N) is 1. The van der Waals surface area contributed by atoms with Crippen LogP contribution in [0.5, 0.6) is 0 Å². The van der Waals surface area contributed by atoms with Crippen LogP contribution in [-0.2, 0) is 14.3 Å². The predicted octanol–water partition coefficient (Wildman–Crippen LogP) is 0.886. The van der Waals surface area contributed by atoms with Crippen LogP contribution in [0.25, 0.3) is 0 Å². The first-order chi connectivity index (χ1) is 9.16. The van der Waals surface area contributed by atoms with Gasteiger partial charge in [-0.25, -0.2) is 0 Å². The van der Waals surface area contributed by atoms with Crippen molar-refractivity contribution in [3.8, 4) is 0 Å². The topological polar surface area (TPSA) is 73.6 Å². The second kappa shape index (κ2) is 7.04. The Kier molecular flexibility index (Phi) is 5.95. The quantitative estimate of drug-likeness (QED) is 0.765. The van der Waals surface area contributed by atoms with Crippen molar-refractivity contribution in [2.75, 3.05) is 27.6 Å². The number of rotatable bonds is 6. The van der Waals surface area contributed by atoms with Gasteiger partial charge >= 0.3 is 0 Å². The van der Waals surface area contributed by atoms with Crippen molar-refractivity contribution in [1.29, 1.82) is 0 Å². The Morgan fingerprint density at radius 1 is 1.30 bits per heavy atom. The van der Waals surface area contributed by atoms with Crippen molar-refractivity contribution in [2.24, 2.45) is 11.7 Å². The second-order valence-electron chi connectivity index (χ2n) is 4.82. The molecule has 5 nitrogen and oxygen atoms in total. The van der Waals surface area contributed by atoms with Gasteiger partial charge < -0.3 is 20.5 Å². The molecule has 0 bridgehead atoms. The second-order valence-corrected chi connectivity index (χ2v) is 4.82. The number of nitrogens with one attached hydrogen (secondary N) is 1. The van der Waals surface area contributed by atoms with Crippen molar-refractivity contribution in [1.82, 2.24) is 5.32 Å². The van der Waals surface area contributed by atoms with E-state index in [1.165, 1.54) is 7.11 Å². The molecule has 1 aliphatic carbocycles. The largest absolute Gasteiger partial charge is 0.384 e. The van der Waals surface area contributed by atoms with E-state index in [1.807, 2.05) is 30.3 Å². The van der Waals surface area contributed by atoms with Crippen LogP contribution in [0.1, 0.15) is 11.5 Å². The molecule has 1 aromatic carbocycles. The average molecular weight is 301 g/mol. The third-order valence-corrected chi connectivity index (χ3v) is 3.70. The SMILES string of the molecule is COCNC(=O)C1(N)C(COC)C1c1ccccc1.Cl. The molecule has 3 atom stereocenters. The van der Waals surface area contributed by atoms with E-state index in [-0.39, 0.29) is 36.9 Å². The van der Waals surface area contributed by atoms with Gasteiger partial charge in [0.1, 0.15) is 12.3 Å². The Morgan fingerprint density at radius 2 is 1.95 bits per heavy atom.